The lowest BCUT2D eigenvalue weighted by atomic mass is 9.96. The predicted molar refractivity (Wildman–Crippen MR) is 63.5 cm³/mol. The minimum Gasteiger partial charge on any atom is -0.395 e. The maximum Gasteiger partial charge on any atom is 0.225 e. The number of amides is 1. The highest BCUT2D eigenvalue weighted by atomic mass is 16.3. The molecule has 0 saturated carbocycles. The lowest BCUT2D eigenvalue weighted by molar-refractivity contribution is -0.128. The summed E-state index contributed by atoms with van der Waals surface area (Å²) in [6.45, 7) is 4.31. The van der Waals surface area contributed by atoms with Crippen molar-refractivity contribution in [1.29, 1.82) is 0 Å². The average Bonchev–Trinajstić information content (AvgIpc) is 2.61. The van der Waals surface area contributed by atoms with E-state index in [1.165, 1.54) is 0 Å². The summed E-state index contributed by atoms with van der Waals surface area (Å²) in [7, 11) is 0. The zero-order valence-electron chi connectivity index (χ0n) is 10.2. The van der Waals surface area contributed by atoms with Gasteiger partial charge in [-0.25, -0.2) is 0 Å². The third-order valence-electron chi connectivity index (χ3n) is 3.80. The number of rotatable bonds is 4. The number of hydrogen-bond donors (Lipinski definition) is 2. The van der Waals surface area contributed by atoms with E-state index >= 15 is 0 Å². The van der Waals surface area contributed by atoms with Gasteiger partial charge in [-0.2, -0.15) is 0 Å². The van der Waals surface area contributed by atoms with Crippen molar-refractivity contribution in [3.8, 4) is 0 Å². The first-order valence-electron chi connectivity index (χ1n) is 6.48. The molecule has 0 aromatic rings. The highest BCUT2D eigenvalue weighted by molar-refractivity contribution is 5.79. The van der Waals surface area contributed by atoms with Crippen molar-refractivity contribution in [2.75, 3.05) is 39.3 Å². The van der Waals surface area contributed by atoms with E-state index in [4.69, 9.17) is 5.11 Å². The van der Waals surface area contributed by atoms with E-state index in [0.717, 1.165) is 39.0 Å². The van der Waals surface area contributed by atoms with Gasteiger partial charge in [0.2, 0.25) is 5.91 Å². The monoisotopic (exact) mass is 242 g/mol. The van der Waals surface area contributed by atoms with Gasteiger partial charge in [0.25, 0.3) is 0 Å². The Kier molecular flexibility index (Phi) is 4.36. The molecule has 2 N–H and O–H groups in total. The smallest absolute Gasteiger partial charge is 0.225 e. The quantitative estimate of drug-likeness (QED) is 0.683. The average molecular weight is 242 g/mol. The fourth-order valence-electron chi connectivity index (χ4n) is 2.77. The maximum absolute atomic E-state index is 11.5. The second-order valence-electron chi connectivity index (χ2n) is 5.17. The molecule has 1 unspecified atom stereocenters. The Labute approximate surface area is 102 Å². The Hall–Kier alpha value is -0.650. The van der Waals surface area contributed by atoms with Gasteiger partial charge < -0.3 is 20.0 Å². The van der Waals surface area contributed by atoms with Crippen LogP contribution in [0.1, 0.15) is 19.3 Å². The van der Waals surface area contributed by atoms with E-state index in [0.29, 0.717) is 18.9 Å². The van der Waals surface area contributed by atoms with Crippen molar-refractivity contribution in [2.24, 2.45) is 5.92 Å². The highest BCUT2D eigenvalue weighted by Gasteiger charge is 2.30. The van der Waals surface area contributed by atoms with Gasteiger partial charge in [-0.15, -0.1) is 0 Å². The van der Waals surface area contributed by atoms with E-state index in [1.54, 1.807) is 4.90 Å². The van der Waals surface area contributed by atoms with Gasteiger partial charge >= 0.3 is 0 Å². The molecule has 5 nitrogen and oxygen atoms in total. The number of aliphatic hydroxyl groups is 2. The first-order chi connectivity index (χ1) is 8.19. The Morgan fingerprint density at radius 2 is 2.00 bits per heavy atom. The molecule has 2 aliphatic heterocycles. The van der Waals surface area contributed by atoms with E-state index in [1.807, 2.05) is 0 Å². The van der Waals surface area contributed by atoms with Gasteiger partial charge in [0.1, 0.15) is 0 Å². The summed E-state index contributed by atoms with van der Waals surface area (Å²) in [5.41, 5.74) is 0. The summed E-state index contributed by atoms with van der Waals surface area (Å²) in [6.07, 6.45) is 2.00. The Morgan fingerprint density at radius 3 is 2.53 bits per heavy atom. The number of aliphatic hydroxyl groups excluding tert-OH is 2. The molecule has 0 bridgehead atoms. The van der Waals surface area contributed by atoms with Crippen LogP contribution in [-0.4, -0.2) is 71.4 Å². The van der Waals surface area contributed by atoms with Crippen LogP contribution >= 0.6 is 0 Å². The first kappa shape index (κ1) is 12.8. The van der Waals surface area contributed by atoms with E-state index < -0.39 is 6.10 Å². The molecule has 2 fully saturated rings. The molecule has 98 valence electrons. The van der Waals surface area contributed by atoms with Gasteiger partial charge in [-0.05, 0) is 31.8 Å². The SMILES string of the molecule is O=C1CC(O)CN1CC1CCN(CCO)CC1. The van der Waals surface area contributed by atoms with Crippen LogP contribution in [0.4, 0.5) is 0 Å². The van der Waals surface area contributed by atoms with E-state index in [2.05, 4.69) is 4.90 Å². The third kappa shape index (κ3) is 3.40. The summed E-state index contributed by atoms with van der Waals surface area (Å²) in [5, 5.41) is 18.3. The number of hydrogen-bond acceptors (Lipinski definition) is 4. The molecule has 17 heavy (non-hydrogen) atoms. The van der Waals surface area contributed by atoms with E-state index in [9.17, 15) is 9.90 Å². The summed E-state index contributed by atoms with van der Waals surface area (Å²) in [6, 6.07) is 0. The molecule has 0 aromatic carbocycles. The normalized spacial score (nSPS) is 28.0. The number of carbonyl (C=O) groups is 1. The number of piperidine rings is 1. The molecule has 0 aliphatic carbocycles. The van der Waals surface area contributed by atoms with Gasteiger partial charge in [0.15, 0.2) is 0 Å². The Balaban J connectivity index is 1.73. The number of likely N-dealkylation sites (tertiary alicyclic amines) is 2. The fraction of sp³-hybridized carbons (Fsp3) is 0.917. The molecule has 0 radical (unpaired) electrons. The molecule has 1 atom stereocenters. The zero-order valence-corrected chi connectivity index (χ0v) is 10.2. The predicted octanol–water partition coefficient (Wildman–Crippen LogP) is -0.716. The topological polar surface area (TPSA) is 64.0 Å². The van der Waals surface area contributed by atoms with Crippen molar-refractivity contribution in [2.45, 2.75) is 25.4 Å². The van der Waals surface area contributed by atoms with Crippen LogP contribution in [0.15, 0.2) is 0 Å². The fourth-order valence-corrected chi connectivity index (χ4v) is 2.77. The van der Waals surface area contributed by atoms with Gasteiger partial charge in [0.05, 0.1) is 19.1 Å². The van der Waals surface area contributed by atoms with Crippen molar-refractivity contribution in [1.82, 2.24) is 9.80 Å². The standard InChI is InChI=1S/C12H22N2O3/c15-6-5-13-3-1-10(2-4-13)8-14-9-11(16)7-12(14)17/h10-11,15-16H,1-9H2. The van der Waals surface area contributed by atoms with Crippen LogP contribution < -0.4 is 0 Å². The lowest BCUT2D eigenvalue weighted by Gasteiger charge is -2.33. The molecular weight excluding hydrogens is 220 g/mol. The lowest BCUT2D eigenvalue weighted by Crippen LogP contribution is -2.40. The van der Waals surface area contributed by atoms with Crippen molar-refractivity contribution >= 4 is 5.91 Å². The van der Waals surface area contributed by atoms with Crippen molar-refractivity contribution in [3.63, 3.8) is 0 Å². The van der Waals surface area contributed by atoms with Crippen LogP contribution in [0.5, 0.6) is 0 Å². The van der Waals surface area contributed by atoms with Crippen LogP contribution in [0.3, 0.4) is 0 Å². The summed E-state index contributed by atoms with van der Waals surface area (Å²) in [4.78, 5) is 15.6. The third-order valence-corrected chi connectivity index (χ3v) is 3.80. The molecule has 2 rings (SSSR count). The van der Waals surface area contributed by atoms with Crippen molar-refractivity contribution in [3.05, 3.63) is 0 Å². The number of nitrogens with zero attached hydrogens (tertiary/aromatic N) is 2. The molecule has 2 saturated heterocycles. The Bertz CT molecular complexity index is 264. The summed E-state index contributed by atoms with van der Waals surface area (Å²) in [5.74, 6) is 0.648. The summed E-state index contributed by atoms with van der Waals surface area (Å²) >= 11 is 0. The summed E-state index contributed by atoms with van der Waals surface area (Å²) < 4.78 is 0. The molecule has 2 aliphatic rings. The molecule has 0 aromatic heterocycles. The second kappa shape index (κ2) is 5.80. The second-order valence-corrected chi connectivity index (χ2v) is 5.17. The van der Waals surface area contributed by atoms with Gasteiger partial charge in [-0.3, -0.25) is 4.79 Å². The largest absolute Gasteiger partial charge is 0.395 e. The van der Waals surface area contributed by atoms with Crippen LogP contribution in [0.25, 0.3) is 0 Å². The Morgan fingerprint density at radius 1 is 1.29 bits per heavy atom. The highest BCUT2D eigenvalue weighted by Crippen LogP contribution is 2.21. The van der Waals surface area contributed by atoms with Crippen LogP contribution in [-0.2, 0) is 4.79 Å². The maximum atomic E-state index is 11.5. The molecule has 2 heterocycles. The minimum atomic E-state index is -0.461. The molecule has 1 amide bonds. The van der Waals surface area contributed by atoms with Gasteiger partial charge in [-0.1, -0.05) is 0 Å². The van der Waals surface area contributed by atoms with E-state index in [-0.39, 0.29) is 12.5 Å². The van der Waals surface area contributed by atoms with Gasteiger partial charge in [0, 0.05) is 19.6 Å². The zero-order chi connectivity index (χ0) is 12.3. The van der Waals surface area contributed by atoms with Crippen LogP contribution in [0.2, 0.25) is 0 Å². The van der Waals surface area contributed by atoms with Crippen molar-refractivity contribution < 1.29 is 15.0 Å². The number of carbonyl (C=O) groups excluding carboxylic acids is 1. The minimum absolute atomic E-state index is 0.0929. The van der Waals surface area contributed by atoms with Crippen LogP contribution in [0, 0.1) is 5.92 Å². The molecular formula is C12H22N2O3. The molecule has 5 heteroatoms. The number of β-amino-alcohol motifs (C(OH)–C–C–N with tert-alkyl or cyclic N) is 2. The molecule has 0 spiro atoms. The first-order valence-corrected chi connectivity index (χ1v) is 6.48.